The number of nitrogens with zero attached hydrogens (tertiary/aromatic N) is 2. The quantitative estimate of drug-likeness (QED) is 0.446. The molecule has 0 amide bonds. The minimum absolute atomic E-state index is 0.158. The van der Waals surface area contributed by atoms with Crippen LogP contribution in [0, 0.1) is 15.0 Å². The van der Waals surface area contributed by atoms with Gasteiger partial charge in [0, 0.05) is 12.1 Å². The number of fused-ring (bicyclic) bond motifs is 1. The van der Waals surface area contributed by atoms with Gasteiger partial charge in [-0.2, -0.15) is 0 Å². The molecule has 0 fully saturated rings. The Labute approximate surface area is 82.5 Å². The van der Waals surface area contributed by atoms with Gasteiger partial charge in [0.25, 0.3) is 5.69 Å². The first kappa shape index (κ1) is 9.13. The van der Waals surface area contributed by atoms with Crippen molar-refractivity contribution in [3.8, 4) is 5.75 Å². The number of hydrogen-bond acceptors (Lipinski definition) is 5. The Kier molecular flexibility index (Phi) is 1.86. The van der Waals surface area contributed by atoms with Crippen molar-refractivity contribution in [1.29, 1.82) is 0 Å². The second-order valence-electron chi connectivity index (χ2n) is 2.90. The van der Waals surface area contributed by atoms with Gasteiger partial charge in [0.2, 0.25) is 5.82 Å². The van der Waals surface area contributed by atoms with Gasteiger partial charge in [-0.3, -0.25) is 10.1 Å². The third-order valence-electron chi connectivity index (χ3n) is 2.04. The summed E-state index contributed by atoms with van der Waals surface area (Å²) in [7, 11) is 0. The third kappa shape index (κ3) is 1.30. The molecule has 0 unspecified atom stereocenters. The molecule has 0 aliphatic rings. The number of rotatable bonds is 2. The molecule has 0 aliphatic heterocycles. The Morgan fingerprint density at radius 3 is 2.80 bits per heavy atom. The lowest BCUT2D eigenvalue weighted by Crippen LogP contribution is -1.86. The van der Waals surface area contributed by atoms with Crippen LogP contribution in [0.15, 0.2) is 23.4 Å². The molecule has 0 radical (unpaired) electrons. The summed E-state index contributed by atoms with van der Waals surface area (Å²) >= 11 is 0. The standard InChI is InChI=1S/C8H5N3O4/c12-7-5-3-4(11(14)15)1-2-6(5)9-8(7)10-13/h1-3,9,12H. The van der Waals surface area contributed by atoms with Crippen LogP contribution >= 0.6 is 0 Å². The van der Waals surface area contributed by atoms with Crippen molar-refractivity contribution in [2.45, 2.75) is 0 Å². The van der Waals surface area contributed by atoms with Crippen LogP contribution in [0.25, 0.3) is 10.9 Å². The fourth-order valence-electron chi connectivity index (χ4n) is 1.33. The number of aromatic amines is 1. The summed E-state index contributed by atoms with van der Waals surface area (Å²) in [5.74, 6) is -0.603. The molecule has 76 valence electrons. The summed E-state index contributed by atoms with van der Waals surface area (Å²) < 4.78 is 0. The van der Waals surface area contributed by atoms with Gasteiger partial charge in [-0.25, -0.2) is 0 Å². The average Bonchev–Trinajstić information content (AvgIpc) is 2.55. The van der Waals surface area contributed by atoms with E-state index in [0.717, 1.165) is 0 Å². The first-order valence-electron chi connectivity index (χ1n) is 3.96. The van der Waals surface area contributed by atoms with Gasteiger partial charge in [-0.15, -0.1) is 4.91 Å². The maximum absolute atomic E-state index is 10.5. The Morgan fingerprint density at radius 1 is 1.47 bits per heavy atom. The number of nitrogens with one attached hydrogen (secondary N) is 1. The van der Waals surface area contributed by atoms with E-state index in [9.17, 15) is 20.1 Å². The number of nitroso groups, excluding NO2 is 1. The van der Waals surface area contributed by atoms with E-state index in [1.807, 2.05) is 0 Å². The summed E-state index contributed by atoms with van der Waals surface area (Å²) in [4.78, 5) is 22.6. The minimum Gasteiger partial charge on any atom is -0.504 e. The average molecular weight is 207 g/mol. The topological polar surface area (TPSA) is 109 Å². The molecule has 0 atom stereocenters. The highest BCUT2D eigenvalue weighted by Crippen LogP contribution is 2.36. The van der Waals surface area contributed by atoms with Crippen molar-refractivity contribution in [2.24, 2.45) is 5.18 Å². The smallest absolute Gasteiger partial charge is 0.270 e. The highest BCUT2D eigenvalue weighted by molar-refractivity contribution is 5.92. The fraction of sp³-hybridized carbons (Fsp3) is 0. The van der Waals surface area contributed by atoms with E-state index in [0.29, 0.717) is 5.52 Å². The maximum Gasteiger partial charge on any atom is 0.270 e. The number of benzene rings is 1. The van der Waals surface area contributed by atoms with E-state index in [2.05, 4.69) is 10.2 Å². The Balaban J connectivity index is 2.75. The minimum atomic E-state index is -0.583. The van der Waals surface area contributed by atoms with Crippen LogP contribution < -0.4 is 0 Å². The molecule has 7 nitrogen and oxygen atoms in total. The van der Waals surface area contributed by atoms with E-state index < -0.39 is 4.92 Å². The predicted octanol–water partition coefficient (Wildman–Crippen LogP) is 2.18. The van der Waals surface area contributed by atoms with Gasteiger partial charge < -0.3 is 10.1 Å². The normalized spacial score (nSPS) is 10.4. The van der Waals surface area contributed by atoms with Gasteiger partial charge in [0.05, 0.1) is 15.8 Å². The molecule has 7 heteroatoms. The maximum atomic E-state index is 10.5. The van der Waals surface area contributed by atoms with Gasteiger partial charge in [0.15, 0.2) is 5.75 Å². The van der Waals surface area contributed by atoms with E-state index in [1.165, 1.54) is 18.2 Å². The Hall–Kier alpha value is -2.44. The molecule has 1 heterocycles. The molecule has 1 aromatic carbocycles. The van der Waals surface area contributed by atoms with E-state index in [4.69, 9.17) is 0 Å². The van der Waals surface area contributed by atoms with E-state index in [-0.39, 0.29) is 22.6 Å². The zero-order valence-corrected chi connectivity index (χ0v) is 7.30. The van der Waals surface area contributed by atoms with Crippen LogP contribution in [-0.4, -0.2) is 15.0 Å². The zero-order chi connectivity index (χ0) is 11.0. The predicted molar refractivity (Wildman–Crippen MR) is 52.1 cm³/mol. The number of aromatic hydroxyl groups is 1. The lowest BCUT2D eigenvalue weighted by Gasteiger charge is -1.91. The highest BCUT2D eigenvalue weighted by atomic mass is 16.6. The van der Waals surface area contributed by atoms with E-state index in [1.54, 1.807) is 0 Å². The summed E-state index contributed by atoms with van der Waals surface area (Å²) in [6.07, 6.45) is 0. The summed E-state index contributed by atoms with van der Waals surface area (Å²) in [6.45, 7) is 0. The molecule has 2 rings (SSSR count). The van der Waals surface area contributed by atoms with Crippen molar-refractivity contribution in [3.63, 3.8) is 0 Å². The lowest BCUT2D eigenvalue weighted by atomic mass is 10.2. The molecule has 2 aromatic rings. The molecule has 2 N–H and O–H groups in total. The van der Waals surface area contributed by atoms with E-state index >= 15 is 0 Å². The second kappa shape index (κ2) is 3.05. The number of hydrogen-bond donors (Lipinski definition) is 2. The Bertz CT molecular complexity index is 560. The summed E-state index contributed by atoms with van der Waals surface area (Å²) in [6, 6.07) is 3.85. The zero-order valence-electron chi connectivity index (χ0n) is 7.30. The summed E-state index contributed by atoms with van der Waals surface area (Å²) in [5, 5.41) is 22.7. The molecule has 0 aliphatic carbocycles. The largest absolute Gasteiger partial charge is 0.504 e. The summed E-state index contributed by atoms with van der Waals surface area (Å²) in [5.41, 5.74) is 0.266. The monoisotopic (exact) mass is 207 g/mol. The van der Waals surface area contributed by atoms with Crippen LogP contribution in [0.4, 0.5) is 11.5 Å². The van der Waals surface area contributed by atoms with Gasteiger partial charge in [-0.05, 0) is 11.2 Å². The first-order valence-corrected chi connectivity index (χ1v) is 3.96. The number of non-ortho nitro benzene ring substituents is 1. The lowest BCUT2D eigenvalue weighted by molar-refractivity contribution is -0.384. The molecular weight excluding hydrogens is 202 g/mol. The van der Waals surface area contributed by atoms with Gasteiger partial charge in [-0.1, -0.05) is 0 Å². The molecule has 0 bridgehead atoms. The number of nitro groups is 1. The molecule has 0 spiro atoms. The van der Waals surface area contributed by atoms with Crippen LogP contribution in [0.2, 0.25) is 0 Å². The van der Waals surface area contributed by atoms with Crippen LogP contribution in [0.5, 0.6) is 5.75 Å². The SMILES string of the molecule is O=Nc1[nH]c2ccc([N+](=O)[O-])cc2c1O. The number of H-pyrrole nitrogens is 1. The fourth-order valence-corrected chi connectivity index (χ4v) is 1.33. The number of nitro benzene ring substituents is 1. The van der Waals surface area contributed by atoms with Crippen molar-refractivity contribution in [1.82, 2.24) is 4.98 Å². The number of aromatic nitrogens is 1. The van der Waals surface area contributed by atoms with Crippen molar-refractivity contribution >= 4 is 22.4 Å². The molecule has 15 heavy (non-hydrogen) atoms. The molecule has 0 saturated carbocycles. The molecule has 0 saturated heterocycles. The van der Waals surface area contributed by atoms with Crippen LogP contribution in [-0.2, 0) is 0 Å². The van der Waals surface area contributed by atoms with Crippen LogP contribution in [0.3, 0.4) is 0 Å². The van der Waals surface area contributed by atoms with Crippen molar-refractivity contribution in [3.05, 3.63) is 33.2 Å². The van der Waals surface area contributed by atoms with Gasteiger partial charge >= 0.3 is 0 Å². The van der Waals surface area contributed by atoms with Crippen molar-refractivity contribution in [2.75, 3.05) is 0 Å². The van der Waals surface area contributed by atoms with Crippen molar-refractivity contribution < 1.29 is 10.0 Å². The molecule has 1 aromatic heterocycles. The molecular formula is C8H5N3O4. The highest BCUT2D eigenvalue weighted by Gasteiger charge is 2.14. The first-order chi connectivity index (χ1) is 7.13. The third-order valence-corrected chi connectivity index (χ3v) is 2.04. The Morgan fingerprint density at radius 2 is 2.20 bits per heavy atom. The second-order valence-corrected chi connectivity index (χ2v) is 2.90. The van der Waals surface area contributed by atoms with Crippen LogP contribution in [0.1, 0.15) is 0 Å². The van der Waals surface area contributed by atoms with Gasteiger partial charge in [0.1, 0.15) is 0 Å².